The van der Waals surface area contributed by atoms with Crippen molar-refractivity contribution in [3.8, 4) is 17.0 Å². The standard InChI is InChI=1S/C16H12N4O3/c21-11-4-1-9(2-5-11)12-8-15(20-19-12)17-10-3-6-14-13(7-10)18-16(22)23-14/h1-8,21H,(H,18,22)(H2,17,19,20). The number of aromatic nitrogens is 3. The second-order valence-corrected chi connectivity index (χ2v) is 5.06. The molecule has 4 N–H and O–H groups in total. The molecule has 0 spiro atoms. The van der Waals surface area contributed by atoms with E-state index in [4.69, 9.17) is 4.42 Å². The van der Waals surface area contributed by atoms with Crippen LogP contribution >= 0.6 is 0 Å². The van der Waals surface area contributed by atoms with Crippen molar-refractivity contribution in [3.63, 3.8) is 0 Å². The van der Waals surface area contributed by atoms with E-state index in [1.807, 2.05) is 6.07 Å². The summed E-state index contributed by atoms with van der Waals surface area (Å²) in [6, 6.07) is 14.0. The smallest absolute Gasteiger partial charge is 0.417 e. The highest BCUT2D eigenvalue weighted by Gasteiger charge is 2.06. The minimum absolute atomic E-state index is 0.217. The fourth-order valence-electron chi connectivity index (χ4n) is 2.35. The minimum Gasteiger partial charge on any atom is -0.508 e. The number of oxazole rings is 1. The van der Waals surface area contributed by atoms with Gasteiger partial charge in [0.1, 0.15) is 5.75 Å². The van der Waals surface area contributed by atoms with E-state index in [2.05, 4.69) is 20.5 Å². The fourth-order valence-corrected chi connectivity index (χ4v) is 2.35. The van der Waals surface area contributed by atoms with Crippen LogP contribution in [0.4, 0.5) is 11.5 Å². The average Bonchev–Trinajstić information content (AvgIpc) is 3.13. The van der Waals surface area contributed by atoms with E-state index < -0.39 is 5.76 Å². The maximum atomic E-state index is 11.2. The molecule has 0 aliphatic rings. The molecule has 0 aliphatic carbocycles. The van der Waals surface area contributed by atoms with Gasteiger partial charge in [0, 0.05) is 11.8 Å². The number of H-pyrrole nitrogens is 2. The minimum atomic E-state index is -0.480. The molecule has 7 nitrogen and oxygen atoms in total. The molecule has 0 radical (unpaired) electrons. The van der Waals surface area contributed by atoms with Crippen LogP contribution in [0.5, 0.6) is 5.75 Å². The summed E-state index contributed by atoms with van der Waals surface area (Å²) in [6.45, 7) is 0. The first-order valence-corrected chi connectivity index (χ1v) is 6.92. The molecule has 2 aromatic carbocycles. The number of anilines is 2. The van der Waals surface area contributed by atoms with Crippen molar-refractivity contribution in [1.29, 1.82) is 0 Å². The zero-order chi connectivity index (χ0) is 15.8. The summed E-state index contributed by atoms with van der Waals surface area (Å²) >= 11 is 0. The molecule has 2 heterocycles. The summed E-state index contributed by atoms with van der Waals surface area (Å²) in [5.41, 5.74) is 3.64. The van der Waals surface area contributed by atoms with Gasteiger partial charge in [0.15, 0.2) is 11.4 Å². The van der Waals surface area contributed by atoms with Crippen LogP contribution in [0.25, 0.3) is 22.4 Å². The summed E-state index contributed by atoms with van der Waals surface area (Å²) in [5.74, 6) is 0.374. The van der Waals surface area contributed by atoms with Gasteiger partial charge in [-0.25, -0.2) is 4.79 Å². The van der Waals surface area contributed by atoms with Crippen LogP contribution in [-0.4, -0.2) is 20.3 Å². The molecule has 0 saturated carbocycles. The maximum Gasteiger partial charge on any atom is 0.417 e. The van der Waals surface area contributed by atoms with Gasteiger partial charge in [0.25, 0.3) is 0 Å². The van der Waals surface area contributed by atoms with E-state index >= 15 is 0 Å². The number of aromatic hydroxyl groups is 1. The third-order valence-corrected chi connectivity index (χ3v) is 3.45. The van der Waals surface area contributed by atoms with Gasteiger partial charge >= 0.3 is 5.76 Å². The summed E-state index contributed by atoms with van der Waals surface area (Å²) < 4.78 is 4.96. The van der Waals surface area contributed by atoms with Crippen molar-refractivity contribution in [2.24, 2.45) is 0 Å². The third-order valence-electron chi connectivity index (χ3n) is 3.45. The zero-order valence-electron chi connectivity index (χ0n) is 11.8. The number of hydrogen-bond donors (Lipinski definition) is 4. The Morgan fingerprint density at radius 1 is 1.09 bits per heavy atom. The fraction of sp³-hybridized carbons (Fsp3) is 0. The summed E-state index contributed by atoms with van der Waals surface area (Å²) in [5, 5.41) is 19.6. The molecule has 7 heteroatoms. The second kappa shape index (κ2) is 5.06. The molecule has 0 saturated heterocycles. The Bertz CT molecular complexity index is 1030. The number of rotatable bonds is 3. The number of nitrogens with one attached hydrogen (secondary N) is 3. The lowest BCUT2D eigenvalue weighted by Gasteiger charge is -2.01. The molecule has 0 unspecified atom stereocenters. The molecule has 0 atom stereocenters. The van der Waals surface area contributed by atoms with Gasteiger partial charge in [0.05, 0.1) is 11.2 Å². The van der Waals surface area contributed by atoms with Gasteiger partial charge in [-0.2, -0.15) is 5.10 Å². The molecule has 0 bridgehead atoms. The predicted octanol–water partition coefficient (Wildman–Crippen LogP) is 2.96. The van der Waals surface area contributed by atoms with Crippen LogP contribution in [0, 0.1) is 0 Å². The van der Waals surface area contributed by atoms with E-state index in [0.29, 0.717) is 16.9 Å². The molecular formula is C16H12N4O3. The van der Waals surface area contributed by atoms with Gasteiger partial charge < -0.3 is 14.8 Å². The first kappa shape index (κ1) is 13.2. The molecule has 0 aliphatic heterocycles. The highest BCUT2D eigenvalue weighted by atomic mass is 16.4. The lowest BCUT2D eigenvalue weighted by Crippen LogP contribution is -1.93. The van der Waals surface area contributed by atoms with Crippen molar-refractivity contribution < 1.29 is 9.52 Å². The Kier molecular flexibility index (Phi) is 2.90. The van der Waals surface area contributed by atoms with Crippen molar-refractivity contribution in [2.75, 3.05) is 5.32 Å². The SMILES string of the molecule is O=c1[nH]c2cc(Nc3cc(-c4ccc(O)cc4)[nH]n3)ccc2o1. The average molecular weight is 308 g/mol. The molecule has 4 rings (SSSR count). The van der Waals surface area contributed by atoms with Crippen LogP contribution in [0.15, 0.2) is 57.7 Å². The molecule has 2 aromatic heterocycles. The van der Waals surface area contributed by atoms with Gasteiger partial charge in [-0.05, 0) is 48.0 Å². The summed E-state index contributed by atoms with van der Waals surface area (Å²) in [6.07, 6.45) is 0. The first-order chi connectivity index (χ1) is 11.2. The van der Waals surface area contributed by atoms with E-state index in [1.54, 1.807) is 42.5 Å². The Balaban J connectivity index is 1.60. The normalized spacial score (nSPS) is 11.0. The molecule has 0 fully saturated rings. The van der Waals surface area contributed by atoms with Crippen LogP contribution in [0.2, 0.25) is 0 Å². The molecule has 114 valence electrons. The van der Waals surface area contributed by atoms with Crippen molar-refractivity contribution in [1.82, 2.24) is 15.2 Å². The maximum absolute atomic E-state index is 11.2. The van der Waals surface area contributed by atoms with Crippen LogP contribution in [0.1, 0.15) is 0 Å². The molecular weight excluding hydrogens is 296 g/mol. The van der Waals surface area contributed by atoms with E-state index in [-0.39, 0.29) is 5.75 Å². The Labute approximate surface area is 129 Å². The third kappa shape index (κ3) is 2.55. The Morgan fingerprint density at radius 3 is 2.74 bits per heavy atom. The number of phenols is 1. The molecule has 23 heavy (non-hydrogen) atoms. The lowest BCUT2D eigenvalue weighted by atomic mass is 10.1. The number of aromatic amines is 2. The summed E-state index contributed by atoms with van der Waals surface area (Å²) in [7, 11) is 0. The Morgan fingerprint density at radius 2 is 1.91 bits per heavy atom. The lowest BCUT2D eigenvalue weighted by molar-refractivity contribution is 0.475. The summed E-state index contributed by atoms with van der Waals surface area (Å²) in [4.78, 5) is 13.8. The number of hydrogen-bond acceptors (Lipinski definition) is 5. The van der Waals surface area contributed by atoms with Gasteiger partial charge in [-0.3, -0.25) is 10.1 Å². The van der Waals surface area contributed by atoms with E-state index in [1.165, 1.54) is 0 Å². The van der Waals surface area contributed by atoms with Crippen LogP contribution in [-0.2, 0) is 0 Å². The van der Waals surface area contributed by atoms with E-state index in [9.17, 15) is 9.90 Å². The first-order valence-electron chi connectivity index (χ1n) is 6.92. The largest absolute Gasteiger partial charge is 0.508 e. The second-order valence-electron chi connectivity index (χ2n) is 5.06. The molecule has 4 aromatic rings. The van der Waals surface area contributed by atoms with Crippen LogP contribution < -0.4 is 11.1 Å². The van der Waals surface area contributed by atoms with Gasteiger partial charge in [0.2, 0.25) is 0 Å². The molecule has 0 amide bonds. The predicted molar refractivity (Wildman–Crippen MR) is 85.8 cm³/mol. The monoisotopic (exact) mass is 308 g/mol. The van der Waals surface area contributed by atoms with Crippen molar-refractivity contribution in [3.05, 3.63) is 59.1 Å². The highest BCUT2D eigenvalue weighted by Crippen LogP contribution is 2.24. The quantitative estimate of drug-likeness (QED) is 0.465. The van der Waals surface area contributed by atoms with E-state index in [0.717, 1.165) is 16.9 Å². The number of phenolic OH excluding ortho intramolecular Hbond substituents is 1. The zero-order valence-corrected chi connectivity index (χ0v) is 11.8. The number of fused-ring (bicyclic) bond motifs is 1. The van der Waals surface area contributed by atoms with Crippen molar-refractivity contribution in [2.45, 2.75) is 0 Å². The number of benzene rings is 2. The van der Waals surface area contributed by atoms with Gasteiger partial charge in [-0.1, -0.05) is 0 Å². The Hall–Kier alpha value is -3.48. The number of nitrogens with zero attached hydrogens (tertiary/aromatic N) is 1. The van der Waals surface area contributed by atoms with Gasteiger partial charge in [-0.15, -0.1) is 0 Å². The van der Waals surface area contributed by atoms with Crippen molar-refractivity contribution >= 4 is 22.6 Å². The van der Waals surface area contributed by atoms with Crippen LogP contribution in [0.3, 0.4) is 0 Å². The highest BCUT2D eigenvalue weighted by molar-refractivity contribution is 5.78. The topological polar surface area (TPSA) is 107 Å².